The Kier molecular flexibility index (Phi) is 12.5. The van der Waals surface area contributed by atoms with Gasteiger partial charge < -0.3 is 9.47 Å². The van der Waals surface area contributed by atoms with E-state index in [4.69, 9.17) is 0 Å². The molecule has 4 aromatic rings. The molecule has 0 aliphatic heterocycles. The number of alkyl halides is 5. The molecule has 0 unspecified atom stereocenters. The molecule has 0 bridgehead atoms. The monoisotopic (exact) mass is 740 g/mol. The maximum Gasteiger partial charge on any atom is 0.573 e. The molecule has 0 spiro atoms. The summed E-state index contributed by atoms with van der Waals surface area (Å²) in [6.07, 6.45) is 2.93. The zero-order valence-corrected chi connectivity index (χ0v) is 28.4. The summed E-state index contributed by atoms with van der Waals surface area (Å²) in [6, 6.07) is 10.1. The molecule has 280 valence electrons. The van der Waals surface area contributed by atoms with Crippen molar-refractivity contribution < 1.29 is 53.4 Å². The molecule has 0 N–H and O–H groups in total. The van der Waals surface area contributed by atoms with Gasteiger partial charge in [-0.1, -0.05) is 76.1 Å². The average molecular weight is 741 g/mol. The largest absolute Gasteiger partial charge is 0.573 e. The molecule has 1 saturated carbocycles. The minimum atomic E-state index is -5.27. The summed E-state index contributed by atoms with van der Waals surface area (Å²) in [7, 11) is 0. The van der Waals surface area contributed by atoms with Crippen molar-refractivity contribution in [2.45, 2.75) is 95.9 Å². The maximum absolute atomic E-state index is 15.4. The Morgan fingerprint density at radius 1 is 0.577 bits per heavy atom. The van der Waals surface area contributed by atoms with Gasteiger partial charge in [0.15, 0.2) is 11.6 Å². The molecule has 5 rings (SSSR count). The Morgan fingerprint density at radius 3 is 1.79 bits per heavy atom. The summed E-state index contributed by atoms with van der Waals surface area (Å²) < 4.78 is 149. The predicted octanol–water partition coefficient (Wildman–Crippen LogP) is 13.8. The number of unbranched alkanes of at least 4 members (excludes halogenated alkanes) is 5. The van der Waals surface area contributed by atoms with E-state index in [1.807, 2.05) is 6.07 Å². The van der Waals surface area contributed by atoms with Gasteiger partial charge in [0.2, 0.25) is 0 Å². The fourth-order valence-electron chi connectivity index (χ4n) is 6.89. The third kappa shape index (κ3) is 9.80. The van der Waals surface area contributed by atoms with Crippen LogP contribution >= 0.6 is 0 Å². The van der Waals surface area contributed by atoms with Crippen LogP contribution in [-0.4, -0.2) is 6.36 Å². The first kappa shape index (κ1) is 39.0. The summed E-state index contributed by atoms with van der Waals surface area (Å²) in [6.45, 7) is 2.20. The van der Waals surface area contributed by atoms with Crippen molar-refractivity contribution in [3.05, 3.63) is 107 Å². The van der Waals surface area contributed by atoms with Crippen molar-refractivity contribution in [2.24, 2.45) is 5.92 Å². The summed E-state index contributed by atoms with van der Waals surface area (Å²) >= 11 is 0. The van der Waals surface area contributed by atoms with Gasteiger partial charge in [-0.15, -0.1) is 13.2 Å². The third-order valence-corrected chi connectivity index (χ3v) is 9.58. The van der Waals surface area contributed by atoms with Crippen LogP contribution in [0.4, 0.5) is 43.9 Å². The van der Waals surface area contributed by atoms with Gasteiger partial charge in [-0.2, -0.15) is 8.78 Å². The van der Waals surface area contributed by atoms with Crippen LogP contribution in [0.15, 0.2) is 66.7 Å². The van der Waals surface area contributed by atoms with E-state index in [0.29, 0.717) is 30.2 Å². The number of hydrogen-bond donors (Lipinski definition) is 0. The highest BCUT2D eigenvalue weighted by atomic mass is 19.4. The molecule has 0 heterocycles. The fourth-order valence-corrected chi connectivity index (χ4v) is 6.89. The lowest BCUT2D eigenvalue weighted by Gasteiger charge is -2.29. The topological polar surface area (TPSA) is 18.5 Å². The minimum Gasteiger partial charge on any atom is -0.429 e. The summed E-state index contributed by atoms with van der Waals surface area (Å²) in [5.74, 6) is -8.46. The van der Waals surface area contributed by atoms with E-state index in [9.17, 15) is 35.1 Å². The normalized spacial score (nSPS) is 16.6. The molecule has 12 heteroatoms. The molecular formula is C40H38F10O2. The second-order valence-corrected chi connectivity index (χ2v) is 13.3. The van der Waals surface area contributed by atoms with Crippen molar-refractivity contribution in [3.63, 3.8) is 0 Å². The maximum atomic E-state index is 15.4. The quantitative estimate of drug-likeness (QED) is 0.0947. The third-order valence-electron chi connectivity index (χ3n) is 9.58. The van der Waals surface area contributed by atoms with Crippen LogP contribution in [-0.2, 0) is 6.11 Å². The van der Waals surface area contributed by atoms with Crippen LogP contribution in [0.25, 0.3) is 22.3 Å². The van der Waals surface area contributed by atoms with Crippen LogP contribution < -0.4 is 9.47 Å². The highest BCUT2D eigenvalue weighted by Gasteiger charge is 2.42. The first-order chi connectivity index (χ1) is 24.6. The Labute approximate surface area is 295 Å². The van der Waals surface area contributed by atoms with E-state index >= 15 is 8.78 Å². The Hall–Kier alpha value is -4.22. The first-order valence-corrected chi connectivity index (χ1v) is 17.4. The van der Waals surface area contributed by atoms with E-state index in [1.54, 1.807) is 6.07 Å². The van der Waals surface area contributed by atoms with Gasteiger partial charge in [0.1, 0.15) is 34.6 Å². The smallest absolute Gasteiger partial charge is 0.429 e. The predicted molar refractivity (Wildman–Crippen MR) is 177 cm³/mol. The number of ether oxygens (including phenoxy) is 2. The van der Waals surface area contributed by atoms with Crippen LogP contribution in [0.1, 0.15) is 94.6 Å². The van der Waals surface area contributed by atoms with E-state index in [2.05, 4.69) is 16.4 Å². The molecule has 1 fully saturated rings. The van der Waals surface area contributed by atoms with Crippen LogP contribution in [0.5, 0.6) is 11.5 Å². The zero-order valence-electron chi connectivity index (χ0n) is 28.4. The number of hydrogen-bond acceptors (Lipinski definition) is 2. The van der Waals surface area contributed by atoms with Crippen molar-refractivity contribution in [2.75, 3.05) is 0 Å². The first-order valence-electron chi connectivity index (χ1n) is 17.4. The Morgan fingerprint density at radius 2 is 1.17 bits per heavy atom. The second kappa shape index (κ2) is 16.6. The molecule has 2 nitrogen and oxygen atoms in total. The highest BCUT2D eigenvalue weighted by molar-refractivity contribution is 5.72. The van der Waals surface area contributed by atoms with Crippen molar-refractivity contribution in [1.29, 1.82) is 0 Å². The van der Waals surface area contributed by atoms with Crippen molar-refractivity contribution >= 4 is 0 Å². The molecule has 1 aliphatic rings. The summed E-state index contributed by atoms with van der Waals surface area (Å²) in [5.41, 5.74) is -1.58. The van der Waals surface area contributed by atoms with Gasteiger partial charge in [0.25, 0.3) is 0 Å². The van der Waals surface area contributed by atoms with E-state index in [1.165, 1.54) is 57.1 Å². The molecular weight excluding hydrogens is 702 g/mol. The Balaban J connectivity index is 1.25. The lowest BCUT2D eigenvalue weighted by atomic mass is 9.77. The van der Waals surface area contributed by atoms with E-state index in [-0.39, 0.29) is 28.7 Å². The lowest BCUT2D eigenvalue weighted by molar-refractivity contribution is -0.275. The average Bonchev–Trinajstić information content (AvgIpc) is 3.06. The molecule has 0 amide bonds. The molecule has 1 aliphatic carbocycles. The molecule has 0 radical (unpaired) electrons. The van der Waals surface area contributed by atoms with Crippen LogP contribution in [0.3, 0.4) is 0 Å². The highest BCUT2D eigenvalue weighted by Crippen LogP contribution is 2.41. The van der Waals surface area contributed by atoms with Crippen LogP contribution in [0, 0.1) is 35.0 Å². The fraction of sp³-hybridized carbons (Fsp3) is 0.400. The summed E-state index contributed by atoms with van der Waals surface area (Å²) in [4.78, 5) is 0. The van der Waals surface area contributed by atoms with Gasteiger partial charge in [-0.05, 0) is 90.6 Å². The van der Waals surface area contributed by atoms with Crippen molar-refractivity contribution in [1.82, 2.24) is 0 Å². The SMILES string of the molecule is CCCCCCCCC1CCC(c2ccc(-c3ccc(-c4cc(F)c(C(F)(F)Oc5ccc(OC(F)(F)F)c(F)c5)c(F)c4)c(F)c3)c(F)c2)CC1. The molecule has 4 aromatic carbocycles. The lowest BCUT2D eigenvalue weighted by Crippen LogP contribution is -2.25. The number of rotatable bonds is 14. The van der Waals surface area contributed by atoms with Gasteiger partial charge in [-0.3, -0.25) is 0 Å². The summed E-state index contributed by atoms with van der Waals surface area (Å²) in [5, 5.41) is 0. The van der Waals surface area contributed by atoms with E-state index < -0.39 is 64.2 Å². The molecule has 0 aromatic heterocycles. The standard InChI is InChI=1S/C40H38F10O2/c1-2-3-4-5-6-7-8-24-9-11-25(12-10-24)26-13-16-30(32(41)19-26)27-14-17-31(33(42)20-27)28-21-35(44)38(36(45)22-28)39(46,47)51-29-15-18-37(34(43)23-29)52-40(48,49)50/h13-25H,2-12H2,1H3. The van der Waals surface area contributed by atoms with Gasteiger partial charge in [0, 0.05) is 17.2 Å². The van der Waals surface area contributed by atoms with Gasteiger partial charge in [0.05, 0.1) is 0 Å². The van der Waals surface area contributed by atoms with Crippen LogP contribution in [0.2, 0.25) is 0 Å². The van der Waals surface area contributed by atoms with E-state index in [0.717, 1.165) is 43.4 Å². The Bertz CT molecular complexity index is 1810. The minimum absolute atomic E-state index is 0.116. The van der Waals surface area contributed by atoms with Crippen molar-refractivity contribution in [3.8, 4) is 33.8 Å². The molecule has 0 atom stereocenters. The number of halogens is 10. The molecule has 0 saturated heterocycles. The second-order valence-electron chi connectivity index (χ2n) is 13.3. The van der Waals surface area contributed by atoms with Gasteiger partial charge in [-0.25, -0.2) is 22.0 Å². The molecule has 52 heavy (non-hydrogen) atoms. The number of benzene rings is 4. The van der Waals surface area contributed by atoms with Gasteiger partial charge >= 0.3 is 12.5 Å². The zero-order chi connectivity index (χ0) is 37.6.